The molecule has 0 amide bonds. The smallest absolute Gasteiger partial charge is 0.284 e. The average Bonchev–Trinajstić information content (AvgIpc) is 2.52. The van der Waals surface area contributed by atoms with Crippen LogP contribution in [-0.4, -0.2) is 15.4 Å². The zero-order valence-corrected chi connectivity index (χ0v) is 13.6. The Balaban J connectivity index is 2.07. The molecule has 0 unspecified atom stereocenters. The maximum absolute atomic E-state index is 10.9. The molecule has 0 saturated heterocycles. The molecule has 0 aliphatic rings. The number of para-hydroxylation sites is 1. The Hall–Kier alpha value is -1.57. The lowest BCUT2D eigenvalue weighted by Gasteiger charge is -2.07. The molecule has 0 heterocycles. The van der Waals surface area contributed by atoms with E-state index in [-0.39, 0.29) is 10.6 Å². The van der Waals surface area contributed by atoms with Crippen molar-refractivity contribution >= 4 is 51.5 Å². The Morgan fingerprint density at radius 1 is 1.19 bits per heavy atom. The summed E-state index contributed by atoms with van der Waals surface area (Å²) in [7, 11) is 0. The summed E-state index contributed by atoms with van der Waals surface area (Å²) in [6.45, 7) is 0. The summed E-state index contributed by atoms with van der Waals surface area (Å²) in [5.74, 6) is 0. The van der Waals surface area contributed by atoms with E-state index in [0.29, 0.717) is 4.90 Å². The van der Waals surface area contributed by atoms with Crippen molar-refractivity contribution in [1.82, 2.24) is 0 Å². The summed E-state index contributed by atoms with van der Waals surface area (Å²) >= 11 is 7.96. The number of nitro groups is 1. The highest BCUT2D eigenvalue weighted by atomic mass is 32.2. The predicted molar refractivity (Wildman–Crippen MR) is 94.2 cm³/mol. The topological polar surface area (TPSA) is 55.2 Å². The van der Waals surface area contributed by atoms with Crippen LogP contribution in [0.3, 0.4) is 0 Å². The molecule has 0 saturated carbocycles. The van der Waals surface area contributed by atoms with Crippen LogP contribution in [-0.2, 0) is 0 Å². The van der Waals surface area contributed by atoms with Crippen molar-refractivity contribution in [2.45, 2.75) is 4.90 Å². The highest BCUT2D eigenvalue weighted by molar-refractivity contribution is 8.23. The molecule has 2 aromatic rings. The average molecular weight is 336 g/mol. The first-order chi connectivity index (χ1) is 10.1. The van der Waals surface area contributed by atoms with Crippen LogP contribution in [0, 0.1) is 10.1 Å². The van der Waals surface area contributed by atoms with Crippen LogP contribution in [0.5, 0.6) is 0 Å². The quantitative estimate of drug-likeness (QED) is 0.368. The van der Waals surface area contributed by atoms with Crippen LogP contribution in [0.1, 0.15) is 5.56 Å². The highest BCUT2D eigenvalue weighted by Crippen LogP contribution is 2.29. The van der Waals surface area contributed by atoms with Gasteiger partial charge in [0.15, 0.2) is 0 Å². The van der Waals surface area contributed by atoms with Gasteiger partial charge in [-0.05, 0) is 42.0 Å². The lowest BCUT2D eigenvalue weighted by atomic mass is 10.2. The lowest BCUT2D eigenvalue weighted by Crippen LogP contribution is -1.94. The van der Waals surface area contributed by atoms with Crippen molar-refractivity contribution < 1.29 is 4.92 Å². The van der Waals surface area contributed by atoms with Gasteiger partial charge in [0, 0.05) is 11.8 Å². The number of hydrogen-bond donors (Lipinski definition) is 1. The van der Waals surface area contributed by atoms with Gasteiger partial charge in [0.1, 0.15) is 4.90 Å². The number of nitrogens with zero attached hydrogens (tertiary/aromatic N) is 1. The second kappa shape index (κ2) is 7.44. The van der Waals surface area contributed by atoms with E-state index in [1.165, 1.54) is 29.8 Å². The van der Waals surface area contributed by atoms with Gasteiger partial charge in [0.2, 0.25) is 0 Å². The van der Waals surface area contributed by atoms with Crippen molar-refractivity contribution in [3.8, 4) is 0 Å². The molecule has 0 aliphatic heterocycles. The molecule has 4 nitrogen and oxygen atoms in total. The largest absolute Gasteiger partial charge is 0.325 e. The van der Waals surface area contributed by atoms with Crippen molar-refractivity contribution in [3.63, 3.8) is 0 Å². The number of benzene rings is 2. The normalized spacial score (nSPS) is 10.1. The molecule has 2 rings (SSSR count). The third-order valence-corrected chi connectivity index (χ3v) is 4.89. The third kappa shape index (κ3) is 4.20. The molecule has 0 spiro atoms. The molecular weight excluding hydrogens is 324 g/mol. The van der Waals surface area contributed by atoms with E-state index in [2.05, 4.69) is 4.72 Å². The maximum Gasteiger partial charge on any atom is 0.284 e. The molecule has 0 bridgehead atoms. The summed E-state index contributed by atoms with van der Waals surface area (Å²) in [5.41, 5.74) is 1.96. The van der Waals surface area contributed by atoms with Gasteiger partial charge in [0.25, 0.3) is 5.69 Å². The molecule has 7 heteroatoms. The fraction of sp³-hybridized carbons (Fsp3) is 0.0714. The molecule has 1 N–H and O–H groups in total. The second-order valence-electron chi connectivity index (χ2n) is 4.00. The van der Waals surface area contributed by atoms with Gasteiger partial charge in [0.05, 0.1) is 9.12 Å². The SMILES string of the molecule is CSC(=S)c1ccc(NSc2ccccc2[N+](=O)[O-])cc1. The van der Waals surface area contributed by atoms with Gasteiger partial charge >= 0.3 is 0 Å². The first-order valence-electron chi connectivity index (χ1n) is 5.96. The zero-order chi connectivity index (χ0) is 15.2. The summed E-state index contributed by atoms with van der Waals surface area (Å²) in [6, 6.07) is 14.3. The second-order valence-corrected chi connectivity index (χ2v) is 6.33. The number of anilines is 1. The van der Waals surface area contributed by atoms with Crippen molar-refractivity contribution in [3.05, 3.63) is 64.2 Å². The minimum absolute atomic E-state index is 0.0928. The van der Waals surface area contributed by atoms with Crippen molar-refractivity contribution in [2.75, 3.05) is 11.0 Å². The monoisotopic (exact) mass is 336 g/mol. The molecule has 0 radical (unpaired) electrons. The summed E-state index contributed by atoms with van der Waals surface area (Å²) in [6.07, 6.45) is 1.94. The van der Waals surface area contributed by atoms with E-state index < -0.39 is 0 Å². The molecule has 21 heavy (non-hydrogen) atoms. The minimum Gasteiger partial charge on any atom is -0.325 e. The van der Waals surface area contributed by atoms with E-state index in [1.54, 1.807) is 18.2 Å². The van der Waals surface area contributed by atoms with Gasteiger partial charge in [-0.25, -0.2) is 0 Å². The van der Waals surface area contributed by atoms with Crippen LogP contribution < -0.4 is 4.72 Å². The summed E-state index contributed by atoms with van der Waals surface area (Å²) < 4.78 is 3.94. The number of nitrogens with one attached hydrogen (secondary N) is 1. The van der Waals surface area contributed by atoms with Crippen LogP contribution in [0.2, 0.25) is 0 Å². The molecule has 0 atom stereocenters. The predicted octanol–water partition coefficient (Wildman–Crippen LogP) is 4.75. The lowest BCUT2D eigenvalue weighted by molar-refractivity contribution is -0.387. The third-order valence-electron chi connectivity index (χ3n) is 2.65. The molecule has 0 fully saturated rings. The highest BCUT2D eigenvalue weighted by Gasteiger charge is 2.12. The van der Waals surface area contributed by atoms with E-state index in [4.69, 9.17) is 12.2 Å². The Kier molecular flexibility index (Phi) is 5.60. The van der Waals surface area contributed by atoms with Crippen LogP contribution in [0.15, 0.2) is 53.4 Å². The summed E-state index contributed by atoms with van der Waals surface area (Å²) in [5, 5.41) is 10.9. The fourth-order valence-corrected chi connectivity index (χ4v) is 2.87. The van der Waals surface area contributed by atoms with Gasteiger partial charge in [-0.3, -0.25) is 10.1 Å². The Bertz CT molecular complexity index is 660. The molecule has 0 aliphatic carbocycles. The van der Waals surface area contributed by atoms with Crippen molar-refractivity contribution in [1.29, 1.82) is 0 Å². The van der Waals surface area contributed by atoms with Crippen LogP contribution in [0.4, 0.5) is 11.4 Å². The Labute approximate surface area is 136 Å². The Morgan fingerprint density at radius 3 is 2.48 bits per heavy atom. The first kappa shape index (κ1) is 15.8. The van der Waals surface area contributed by atoms with E-state index in [9.17, 15) is 10.1 Å². The van der Waals surface area contributed by atoms with Gasteiger partial charge in [-0.2, -0.15) is 0 Å². The number of thiocarbonyl (C=S) groups is 1. The number of thioether (sulfide) groups is 1. The number of hydrogen-bond acceptors (Lipinski definition) is 6. The molecule has 2 aromatic carbocycles. The van der Waals surface area contributed by atoms with Gasteiger partial charge < -0.3 is 4.72 Å². The first-order valence-corrected chi connectivity index (χ1v) is 8.41. The van der Waals surface area contributed by atoms with E-state index in [1.807, 2.05) is 30.5 Å². The van der Waals surface area contributed by atoms with Gasteiger partial charge in [-0.15, -0.1) is 11.8 Å². The van der Waals surface area contributed by atoms with Crippen LogP contribution >= 0.6 is 35.9 Å². The molecular formula is C14H12N2O2S3. The van der Waals surface area contributed by atoms with Gasteiger partial charge in [-0.1, -0.05) is 36.5 Å². The number of rotatable bonds is 5. The van der Waals surface area contributed by atoms with E-state index >= 15 is 0 Å². The summed E-state index contributed by atoms with van der Waals surface area (Å²) in [4.78, 5) is 11.1. The van der Waals surface area contributed by atoms with E-state index in [0.717, 1.165) is 15.4 Å². The fourth-order valence-electron chi connectivity index (χ4n) is 1.60. The zero-order valence-electron chi connectivity index (χ0n) is 11.1. The maximum atomic E-state index is 10.9. The minimum atomic E-state index is -0.385. The number of nitro benzene ring substituents is 1. The van der Waals surface area contributed by atoms with Crippen LogP contribution in [0.25, 0.3) is 0 Å². The van der Waals surface area contributed by atoms with Crippen molar-refractivity contribution in [2.24, 2.45) is 0 Å². The molecule has 0 aromatic heterocycles. The standard InChI is InChI=1S/C14H12N2O2S3/c1-20-14(19)10-6-8-11(9-7-10)15-21-13-5-3-2-4-12(13)16(17)18/h2-9,15H,1H3. The molecule has 108 valence electrons. The Morgan fingerprint density at radius 2 is 1.86 bits per heavy atom.